The first-order chi connectivity index (χ1) is 12.6. The monoisotopic (exact) mass is 353 g/mol. The first kappa shape index (κ1) is 17.8. The van der Waals surface area contributed by atoms with E-state index in [1.54, 1.807) is 12.1 Å². The van der Waals surface area contributed by atoms with Gasteiger partial charge >= 0.3 is 11.8 Å². The third kappa shape index (κ3) is 4.14. The van der Waals surface area contributed by atoms with Gasteiger partial charge in [0.1, 0.15) is 5.75 Å². The summed E-state index contributed by atoms with van der Waals surface area (Å²) in [6.07, 6.45) is 2.42. The second-order valence-corrected chi connectivity index (χ2v) is 6.35. The lowest BCUT2D eigenvalue weighted by atomic mass is 10.2. The van der Waals surface area contributed by atoms with Crippen LogP contribution in [0.4, 0.5) is 17.1 Å². The number of anilines is 3. The zero-order valence-electron chi connectivity index (χ0n) is 15.0. The maximum absolute atomic E-state index is 12.2. The number of rotatable bonds is 4. The minimum absolute atomic E-state index is 0.469. The highest BCUT2D eigenvalue weighted by atomic mass is 16.5. The lowest BCUT2D eigenvalue weighted by molar-refractivity contribution is -0.133. The number of carbonyl (C=O) groups is 2. The number of amides is 2. The maximum Gasteiger partial charge on any atom is 0.314 e. The van der Waals surface area contributed by atoms with Gasteiger partial charge in [0, 0.05) is 24.5 Å². The molecule has 6 nitrogen and oxygen atoms in total. The van der Waals surface area contributed by atoms with Crippen LogP contribution in [-0.2, 0) is 9.59 Å². The average Bonchev–Trinajstić information content (AvgIpc) is 3.17. The zero-order chi connectivity index (χ0) is 18.5. The highest BCUT2D eigenvalue weighted by molar-refractivity contribution is 6.43. The Kier molecular flexibility index (Phi) is 5.41. The molecule has 1 aliphatic rings. The van der Waals surface area contributed by atoms with Crippen molar-refractivity contribution in [1.29, 1.82) is 0 Å². The summed E-state index contributed by atoms with van der Waals surface area (Å²) < 4.78 is 5.21. The molecule has 3 rings (SSSR count). The molecule has 2 aromatic rings. The minimum Gasteiger partial charge on any atom is -0.495 e. The first-order valence-electron chi connectivity index (χ1n) is 8.69. The van der Waals surface area contributed by atoms with Crippen molar-refractivity contribution in [2.24, 2.45) is 0 Å². The largest absolute Gasteiger partial charge is 0.495 e. The van der Waals surface area contributed by atoms with Gasteiger partial charge in [-0.25, -0.2) is 0 Å². The number of carbonyl (C=O) groups excluding carboxylic acids is 2. The molecule has 0 bridgehead atoms. The van der Waals surface area contributed by atoms with E-state index >= 15 is 0 Å². The number of hydrogen-bond donors (Lipinski definition) is 2. The normalized spacial score (nSPS) is 13.4. The van der Waals surface area contributed by atoms with Gasteiger partial charge in [0.2, 0.25) is 0 Å². The van der Waals surface area contributed by atoms with Crippen molar-refractivity contribution in [3.8, 4) is 5.75 Å². The Morgan fingerprint density at radius 2 is 1.62 bits per heavy atom. The fraction of sp³-hybridized carbons (Fsp3) is 0.300. The molecule has 6 heteroatoms. The van der Waals surface area contributed by atoms with Crippen molar-refractivity contribution in [2.75, 3.05) is 35.7 Å². The van der Waals surface area contributed by atoms with Crippen LogP contribution in [0, 0.1) is 6.92 Å². The molecule has 0 spiro atoms. The number of nitrogens with zero attached hydrogens (tertiary/aromatic N) is 1. The summed E-state index contributed by atoms with van der Waals surface area (Å²) in [6, 6.07) is 12.9. The van der Waals surface area contributed by atoms with Gasteiger partial charge in [0.05, 0.1) is 12.8 Å². The Hall–Kier alpha value is -3.02. The van der Waals surface area contributed by atoms with Gasteiger partial charge < -0.3 is 20.3 Å². The van der Waals surface area contributed by atoms with Gasteiger partial charge in [-0.1, -0.05) is 6.07 Å². The topological polar surface area (TPSA) is 70.7 Å². The van der Waals surface area contributed by atoms with E-state index in [4.69, 9.17) is 4.74 Å². The number of aryl methyl sites for hydroxylation is 1. The molecule has 0 saturated carbocycles. The van der Waals surface area contributed by atoms with Crippen LogP contribution in [0.1, 0.15) is 18.4 Å². The first-order valence-corrected chi connectivity index (χ1v) is 8.69. The quantitative estimate of drug-likeness (QED) is 0.828. The number of nitrogens with one attached hydrogen (secondary N) is 2. The van der Waals surface area contributed by atoms with Crippen LogP contribution in [0.2, 0.25) is 0 Å². The summed E-state index contributed by atoms with van der Waals surface area (Å²) in [4.78, 5) is 26.7. The van der Waals surface area contributed by atoms with Crippen molar-refractivity contribution in [2.45, 2.75) is 19.8 Å². The predicted molar refractivity (Wildman–Crippen MR) is 103 cm³/mol. The summed E-state index contributed by atoms with van der Waals surface area (Å²) in [5.41, 5.74) is 3.15. The van der Waals surface area contributed by atoms with E-state index < -0.39 is 11.8 Å². The Balaban J connectivity index is 1.62. The van der Waals surface area contributed by atoms with Crippen LogP contribution in [0.25, 0.3) is 0 Å². The van der Waals surface area contributed by atoms with Crippen LogP contribution in [0.3, 0.4) is 0 Å². The Labute approximate surface area is 153 Å². The molecule has 2 N–H and O–H groups in total. The molecule has 0 atom stereocenters. The smallest absolute Gasteiger partial charge is 0.314 e. The summed E-state index contributed by atoms with van der Waals surface area (Å²) in [7, 11) is 1.52. The second kappa shape index (κ2) is 7.91. The van der Waals surface area contributed by atoms with Crippen LogP contribution in [-0.4, -0.2) is 32.0 Å². The third-order valence-corrected chi connectivity index (χ3v) is 4.41. The van der Waals surface area contributed by atoms with Gasteiger partial charge in [0.15, 0.2) is 0 Å². The molecule has 1 fully saturated rings. The van der Waals surface area contributed by atoms with E-state index in [-0.39, 0.29) is 0 Å². The highest BCUT2D eigenvalue weighted by Gasteiger charge is 2.17. The fourth-order valence-electron chi connectivity index (χ4n) is 3.02. The number of benzene rings is 2. The summed E-state index contributed by atoms with van der Waals surface area (Å²) >= 11 is 0. The molecule has 2 aromatic carbocycles. The lowest BCUT2D eigenvalue weighted by Gasteiger charge is -2.17. The fourth-order valence-corrected chi connectivity index (χ4v) is 3.02. The molecule has 1 saturated heterocycles. The van der Waals surface area contributed by atoms with E-state index in [0.717, 1.165) is 24.3 Å². The van der Waals surface area contributed by atoms with E-state index in [0.29, 0.717) is 17.1 Å². The molecule has 0 aromatic heterocycles. The minimum atomic E-state index is -0.738. The van der Waals surface area contributed by atoms with E-state index in [9.17, 15) is 9.59 Å². The zero-order valence-corrected chi connectivity index (χ0v) is 15.0. The van der Waals surface area contributed by atoms with Crippen LogP contribution in [0.15, 0.2) is 42.5 Å². The Morgan fingerprint density at radius 3 is 2.27 bits per heavy atom. The Morgan fingerprint density at radius 1 is 0.962 bits per heavy atom. The van der Waals surface area contributed by atoms with Crippen molar-refractivity contribution in [1.82, 2.24) is 0 Å². The SMILES string of the molecule is COc1ccc(C)cc1NC(=O)C(=O)Nc1ccc(N2CCCC2)cc1. The average molecular weight is 353 g/mol. The highest BCUT2D eigenvalue weighted by Crippen LogP contribution is 2.25. The molecule has 26 heavy (non-hydrogen) atoms. The number of methoxy groups -OCH3 is 1. The molecule has 0 radical (unpaired) electrons. The molecule has 136 valence electrons. The van der Waals surface area contributed by atoms with Crippen molar-refractivity contribution in [3.63, 3.8) is 0 Å². The maximum atomic E-state index is 12.2. The van der Waals surface area contributed by atoms with E-state index in [1.165, 1.54) is 20.0 Å². The van der Waals surface area contributed by atoms with Crippen molar-refractivity contribution < 1.29 is 14.3 Å². The second-order valence-electron chi connectivity index (χ2n) is 6.35. The van der Waals surface area contributed by atoms with Gasteiger partial charge in [-0.2, -0.15) is 0 Å². The Bertz CT molecular complexity index is 796. The predicted octanol–water partition coefficient (Wildman–Crippen LogP) is 3.18. The van der Waals surface area contributed by atoms with Crippen LogP contribution >= 0.6 is 0 Å². The lowest BCUT2D eigenvalue weighted by Crippen LogP contribution is -2.29. The summed E-state index contributed by atoms with van der Waals surface area (Å²) in [5, 5.41) is 5.22. The van der Waals surface area contributed by atoms with Gasteiger partial charge in [-0.3, -0.25) is 9.59 Å². The van der Waals surface area contributed by atoms with Crippen molar-refractivity contribution >= 4 is 28.9 Å². The molecule has 0 aliphatic carbocycles. The van der Waals surface area contributed by atoms with Crippen molar-refractivity contribution in [3.05, 3.63) is 48.0 Å². The van der Waals surface area contributed by atoms with Crippen LogP contribution < -0.4 is 20.3 Å². The van der Waals surface area contributed by atoms with Gasteiger partial charge in [0.25, 0.3) is 0 Å². The third-order valence-electron chi connectivity index (χ3n) is 4.41. The summed E-state index contributed by atoms with van der Waals surface area (Å²) in [5.74, 6) is -0.952. The van der Waals surface area contributed by atoms with Crippen LogP contribution in [0.5, 0.6) is 5.75 Å². The molecule has 0 unspecified atom stereocenters. The van der Waals surface area contributed by atoms with Gasteiger partial charge in [-0.15, -0.1) is 0 Å². The molecular weight excluding hydrogens is 330 g/mol. The molecule has 1 aliphatic heterocycles. The molecular formula is C20H23N3O3. The number of hydrogen-bond acceptors (Lipinski definition) is 4. The molecule has 2 amide bonds. The molecule has 1 heterocycles. The van der Waals surface area contributed by atoms with E-state index in [1.807, 2.05) is 37.3 Å². The number of ether oxygens (including phenoxy) is 1. The van der Waals surface area contributed by atoms with E-state index in [2.05, 4.69) is 15.5 Å². The van der Waals surface area contributed by atoms with Gasteiger partial charge in [-0.05, 0) is 61.7 Å². The summed E-state index contributed by atoms with van der Waals surface area (Å²) in [6.45, 7) is 4.02. The standard InChI is InChI=1S/C20H23N3O3/c1-14-5-10-18(26-2)17(13-14)22-20(25)19(24)21-15-6-8-16(9-7-15)23-11-3-4-12-23/h5-10,13H,3-4,11-12H2,1-2H3,(H,21,24)(H,22,25).